The highest BCUT2D eigenvalue weighted by atomic mass is 31.1. The molecule has 0 unspecified atom stereocenters. The molecule has 0 bridgehead atoms. The van der Waals surface area contributed by atoms with E-state index >= 15 is 0 Å². The summed E-state index contributed by atoms with van der Waals surface area (Å²) in [4.78, 5) is 0. The van der Waals surface area contributed by atoms with Gasteiger partial charge >= 0.3 is 8.24 Å². The Hall–Kier alpha value is -5.99. The van der Waals surface area contributed by atoms with Gasteiger partial charge in [0.2, 0.25) is 0 Å². The first-order valence-electron chi connectivity index (χ1n) is 20.6. The van der Waals surface area contributed by atoms with Crippen LogP contribution >= 0.6 is 16.4 Å². The Labute approximate surface area is 346 Å². The predicted molar refractivity (Wildman–Crippen MR) is 246 cm³/mol. The number of hydrogen-bond acceptors (Lipinski definition) is 5. The minimum Gasteiger partial charge on any atom is -0.463 e. The molecule has 0 radical (unpaired) electrons. The van der Waals surface area contributed by atoms with Crippen molar-refractivity contribution in [2.75, 3.05) is 0 Å². The molecular weight excluding hydrogens is 767 g/mol. The van der Waals surface area contributed by atoms with Gasteiger partial charge in [-0.3, -0.25) is 0 Å². The van der Waals surface area contributed by atoms with Gasteiger partial charge in [-0.2, -0.15) is 0 Å². The summed E-state index contributed by atoms with van der Waals surface area (Å²) in [6.07, 6.45) is 5.81. The summed E-state index contributed by atoms with van der Waals surface area (Å²) >= 11 is 0. The molecule has 7 heteroatoms. The lowest BCUT2D eigenvalue weighted by Gasteiger charge is -2.30. The van der Waals surface area contributed by atoms with E-state index in [9.17, 15) is 0 Å². The summed E-state index contributed by atoms with van der Waals surface area (Å²) in [5, 5.41) is 8.55. The van der Waals surface area contributed by atoms with Crippen molar-refractivity contribution in [3.63, 3.8) is 0 Å². The third kappa shape index (κ3) is 7.03. The van der Waals surface area contributed by atoms with Crippen LogP contribution in [0.5, 0.6) is 23.0 Å². The molecule has 10 rings (SSSR count). The zero-order valence-electron chi connectivity index (χ0n) is 33.2. The molecule has 0 saturated heterocycles. The number of ether oxygens (including phenoxy) is 1. The summed E-state index contributed by atoms with van der Waals surface area (Å²) in [7, 11) is -3.28. The predicted octanol–water partition coefficient (Wildman–Crippen LogP) is 15.3. The second kappa shape index (κ2) is 16.3. The Kier molecular flexibility index (Phi) is 10.3. The average Bonchev–Trinajstić information content (AvgIpc) is 3.44. The molecule has 1 aliphatic rings. The topological polar surface area (TPSA) is 54.0 Å². The molecule has 1 aromatic heterocycles. The highest BCUT2D eigenvalue weighted by molar-refractivity contribution is 7.69. The van der Waals surface area contributed by atoms with Crippen molar-refractivity contribution in [1.29, 1.82) is 0 Å². The first-order chi connectivity index (χ1) is 29.2. The highest BCUT2D eigenvalue weighted by Crippen LogP contribution is 2.55. The van der Waals surface area contributed by atoms with E-state index in [-0.39, 0.29) is 0 Å². The molecule has 5 nitrogen and oxygen atoms in total. The van der Waals surface area contributed by atoms with Crippen LogP contribution in [0.4, 0.5) is 0 Å². The van der Waals surface area contributed by atoms with Crippen LogP contribution in [0.3, 0.4) is 0 Å². The fourth-order valence-electron chi connectivity index (χ4n) is 8.27. The largest absolute Gasteiger partial charge is 0.463 e. The van der Waals surface area contributed by atoms with Gasteiger partial charge in [-0.05, 0) is 107 Å². The van der Waals surface area contributed by atoms with Gasteiger partial charge in [0.1, 0.15) is 34.2 Å². The summed E-state index contributed by atoms with van der Waals surface area (Å²) < 4.78 is 35.1. The van der Waals surface area contributed by atoms with Crippen molar-refractivity contribution in [2.24, 2.45) is 0 Å². The molecule has 59 heavy (non-hydrogen) atoms. The normalized spacial score (nSPS) is 12.4. The van der Waals surface area contributed by atoms with E-state index in [0.717, 1.165) is 132 Å². The third-order valence-corrected chi connectivity index (χ3v) is 14.2. The molecule has 1 aliphatic heterocycles. The van der Waals surface area contributed by atoms with Crippen molar-refractivity contribution in [2.45, 2.75) is 52.4 Å². The number of para-hydroxylation sites is 4. The van der Waals surface area contributed by atoms with Crippen molar-refractivity contribution in [3.8, 4) is 34.1 Å². The molecular formula is C52H44O5P2. The van der Waals surface area contributed by atoms with E-state index in [0.29, 0.717) is 0 Å². The first kappa shape index (κ1) is 37.3. The number of benzene rings is 8. The minimum atomic E-state index is -1.95. The van der Waals surface area contributed by atoms with Gasteiger partial charge < -0.3 is 22.2 Å². The lowest BCUT2D eigenvalue weighted by atomic mass is 9.87. The number of hydrogen-bond donors (Lipinski definition) is 0. The summed E-state index contributed by atoms with van der Waals surface area (Å²) in [6, 6.07) is 54.9. The standard InChI is InChI=1S/C52H44O5P2/c1-3-5-19-37-33-35-21-7-9-23-39(35)49(51(37)56-58-47-31-17-15-29-45(47)53-46-30-16-18-32-48(46)58)50-40-24-10-8-22-36(40)34-38(20-6-4-2)52(50)57-59-54-43-27-13-11-25-41(43)42-26-12-14-28-44(42)55-59/h7-18,21-34H,3-6,19-20H2,1-2H3. The Morgan fingerprint density at radius 2 is 0.881 bits per heavy atom. The second-order valence-corrected chi connectivity index (χ2v) is 17.8. The fourth-order valence-corrected chi connectivity index (χ4v) is 11.3. The molecule has 8 aromatic carbocycles. The molecule has 0 fully saturated rings. The fraction of sp³-hybridized carbons (Fsp3) is 0.154. The van der Waals surface area contributed by atoms with Crippen LogP contribution in [-0.4, -0.2) is 0 Å². The minimum absolute atomic E-state index is 0.733. The maximum Gasteiger partial charge on any atom is 0.453 e. The van der Waals surface area contributed by atoms with Crippen LogP contribution in [0.15, 0.2) is 166 Å². The molecule has 2 heterocycles. The third-order valence-electron chi connectivity index (χ3n) is 11.2. The van der Waals surface area contributed by atoms with Gasteiger partial charge in [0.05, 0.1) is 10.6 Å². The number of fused-ring (bicyclic) bond motifs is 7. The van der Waals surface area contributed by atoms with Crippen LogP contribution < -0.4 is 24.4 Å². The monoisotopic (exact) mass is 810 g/mol. The zero-order chi connectivity index (χ0) is 39.7. The van der Waals surface area contributed by atoms with Gasteiger partial charge in [0, 0.05) is 21.9 Å². The molecule has 0 aliphatic carbocycles. The zero-order valence-corrected chi connectivity index (χ0v) is 35.0. The van der Waals surface area contributed by atoms with Crippen molar-refractivity contribution in [1.82, 2.24) is 0 Å². The highest BCUT2D eigenvalue weighted by Gasteiger charge is 2.33. The van der Waals surface area contributed by atoms with E-state index in [1.807, 2.05) is 60.7 Å². The van der Waals surface area contributed by atoms with Crippen LogP contribution in [-0.2, 0) is 12.8 Å². The van der Waals surface area contributed by atoms with E-state index < -0.39 is 16.4 Å². The Morgan fingerprint density at radius 3 is 1.39 bits per heavy atom. The lowest BCUT2D eigenvalue weighted by molar-refractivity contribution is 0.484. The molecule has 0 spiro atoms. The van der Waals surface area contributed by atoms with Crippen LogP contribution in [0.1, 0.15) is 50.7 Å². The molecule has 9 aromatic rings. The smallest absolute Gasteiger partial charge is 0.453 e. The van der Waals surface area contributed by atoms with E-state index in [1.54, 1.807) is 0 Å². The van der Waals surface area contributed by atoms with Crippen molar-refractivity contribution >= 4 is 70.5 Å². The molecule has 0 atom stereocenters. The van der Waals surface area contributed by atoms with Gasteiger partial charge in [-0.1, -0.05) is 136 Å². The lowest BCUT2D eigenvalue weighted by Crippen LogP contribution is -2.24. The van der Waals surface area contributed by atoms with Crippen molar-refractivity contribution in [3.05, 3.63) is 169 Å². The maximum absolute atomic E-state index is 7.73. The molecule has 0 N–H and O–H groups in total. The summed E-state index contributed by atoms with van der Waals surface area (Å²) in [5.41, 5.74) is 5.77. The average molecular weight is 811 g/mol. The summed E-state index contributed by atoms with van der Waals surface area (Å²) in [6.45, 7) is 4.49. The van der Waals surface area contributed by atoms with Gasteiger partial charge in [-0.15, -0.1) is 0 Å². The number of aryl methyl sites for hydroxylation is 2. The maximum atomic E-state index is 7.73. The van der Waals surface area contributed by atoms with Crippen molar-refractivity contribution < 1.29 is 22.2 Å². The second-order valence-electron chi connectivity index (χ2n) is 15.0. The van der Waals surface area contributed by atoms with E-state index in [1.165, 1.54) is 5.56 Å². The molecule has 0 saturated carbocycles. The SMILES string of the molecule is CCCCc1cc2ccccc2c(-c2c(Op3oc4ccccc4c4ccccc4o3)c(CCCC)cc3ccccc23)c1OP1c2ccccc2Oc2ccccc21. The molecule has 0 amide bonds. The van der Waals surface area contributed by atoms with Crippen LogP contribution in [0, 0.1) is 0 Å². The van der Waals surface area contributed by atoms with Crippen LogP contribution in [0.2, 0.25) is 0 Å². The molecule has 292 valence electrons. The Morgan fingerprint density at radius 1 is 0.458 bits per heavy atom. The van der Waals surface area contributed by atoms with E-state index in [2.05, 4.69) is 111 Å². The van der Waals surface area contributed by atoms with Gasteiger partial charge in [-0.25, -0.2) is 0 Å². The van der Waals surface area contributed by atoms with Crippen LogP contribution in [0.25, 0.3) is 54.6 Å². The summed E-state index contributed by atoms with van der Waals surface area (Å²) in [5.74, 6) is 3.31. The van der Waals surface area contributed by atoms with Gasteiger partial charge in [0.15, 0.2) is 8.15 Å². The van der Waals surface area contributed by atoms with Gasteiger partial charge in [0.25, 0.3) is 0 Å². The first-order valence-corrected chi connectivity index (χ1v) is 23.0. The number of unbranched alkanes of at least 4 members (excludes halogenated alkanes) is 2. The van der Waals surface area contributed by atoms with E-state index in [4.69, 9.17) is 22.2 Å². The Balaban J connectivity index is 1.30. The Bertz CT molecular complexity index is 2940. The quantitative estimate of drug-likeness (QED) is 0.122. The number of rotatable bonds is 11.